The number of non-ortho nitro benzene ring substituents is 1. The first-order chi connectivity index (χ1) is 9.67. The Morgan fingerprint density at radius 2 is 2.05 bits per heavy atom. The van der Waals surface area contributed by atoms with Crippen molar-refractivity contribution in [2.45, 2.75) is 0 Å². The number of fused-ring (bicyclic) bond motifs is 1. The second kappa shape index (κ2) is 4.58. The summed E-state index contributed by atoms with van der Waals surface area (Å²) < 4.78 is 5.54. The molecule has 0 aliphatic heterocycles. The minimum absolute atomic E-state index is 0.0426. The molecule has 0 radical (unpaired) electrons. The van der Waals surface area contributed by atoms with Crippen molar-refractivity contribution >= 4 is 23.1 Å². The highest BCUT2D eigenvalue weighted by atomic mass is 16.6. The molecule has 3 rings (SSSR count). The molecule has 0 spiro atoms. The Bertz CT molecular complexity index is 823. The van der Waals surface area contributed by atoms with Gasteiger partial charge in [0.1, 0.15) is 11.8 Å². The molecule has 0 bridgehead atoms. The van der Waals surface area contributed by atoms with Crippen LogP contribution in [-0.4, -0.2) is 16.2 Å². The zero-order valence-corrected chi connectivity index (χ0v) is 10.1. The van der Waals surface area contributed by atoms with Gasteiger partial charge in [-0.1, -0.05) is 12.1 Å². The summed E-state index contributed by atoms with van der Waals surface area (Å²) in [4.78, 5) is 25.2. The lowest BCUT2D eigenvalue weighted by molar-refractivity contribution is -0.384. The Morgan fingerprint density at radius 3 is 2.80 bits per heavy atom. The summed E-state index contributed by atoms with van der Waals surface area (Å²) in [5.41, 5.74) is 1.98. The van der Waals surface area contributed by atoms with E-state index in [0.717, 1.165) is 6.29 Å². The minimum atomic E-state index is -0.485. The van der Waals surface area contributed by atoms with Gasteiger partial charge in [0.05, 0.1) is 4.92 Å². The normalized spacial score (nSPS) is 10.6. The number of carbonyl (C=O) groups excluding carboxylic acids is 1. The zero-order chi connectivity index (χ0) is 14.1. The minimum Gasteiger partial charge on any atom is -0.436 e. The van der Waals surface area contributed by atoms with E-state index in [9.17, 15) is 14.9 Å². The molecule has 6 heteroatoms. The van der Waals surface area contributed by atoms with E-state index in [1.54, 1.807) is 24.3 Å². The molecule has 0 atom stereocenters. The third kappa shape index (κ3) is 2.03. The number of carbonyl (C=O) groups is 1. The predicted octanol–water partition coefficient (Wildman–Crippen LogP) is 3.22. The second-order valence-corrected chi connectivity index (χ2v) is 4.17. The van der Waals surface area contributed by atoms with Crippen LogP contribution in [0.15, 0.2) is 46.9 Å². The fraction of sp³-hybridized carbons (Fsp3) is 0. The Labute approximate surface area is 112 Å². The number of nitro groups is 1. The van der Waals surface area contributed by atoms with Crippen molar-refractivity contribution in [3.8, 4) is 11.5 Å². The SMILES string of the molecule is O=Cc1cccc(-c2nc3cc([N+](=O)[O-])ccc3o2)c1. The Morgan fingerprint density at radius 1 is 1.20 bits per heavy atom. The third-order valence-corrected chi connectivity index (χ3v) is 2.85. The maximum atomic E-state index is 10.8. The Kier molecular flexibility index (Phi) is 2.76. The van der Waals surface area contributed by atoms with Crippen LogP contribution in [0.4, 0.5) is 5.69 Å². The lowest BCUT2D eigenvalue weighted by Crippen LogP contribution is -1.86. The fourth-order valence-electron chi connectivity index (χ4n) is 1.90. The van der Waals surface area contributed by atoms with Crippen molar-refractivity contribution in [2.75, 3.05) is 0 Å². The highest BCUT2D eigenvalue weighted by Crippen LogP contribution is 2.27. The van der Waals surface area contributed by atoms with Gasteiger partial charge in [-0.25, -0.2) is 4.98 Å². The molecule has 1 heterocycles. The van der Waals surface area contributed by atoms with Crippen molar-refractivity contribution in [3.63, 3.8) is 0 Å². The highest BCUT2D eigenvalue weighted by molar-refractivity contribution is 5.81. The zero-order valence-electron chi connectivity index (χ0n) is 10.1. The van der Waals surface area contributed by atoms with Crippen molar-refractivity contribution < 1.29 is 14.1 Å². The molecule has 20 heavy (non-hydrogen) atoms. The molecule has 0 unspecified atom stereocenters. The van der Waals surface area contributed by atoms with Gasteiger partial charge in [0.25, 0.3) is 5.69 Å². The first-order valence-corrected chi connectivity index (χ1v) is 5.78. The van der Waals surface area contributed by atoms with Gasteiger partial charge in [-0.05, 0) is 18.2 Å². The number of aromatic nitrogens is 1. The average Bonchev–Trinajstić information content (AvgIpc) is 2.90. The summed E-state index contributed by atoms with van der Waals surface area (Å²) in [7, 11) is 0. The molecule has 0 N–H and O–H groups in total. The molecule has 2 aromatic carbocycles. The molecule has 98 valence electrons. The van der Waals surface area contributed by atoms with Crippen LogP contribution in [0, 0.1) is 10.1 Å². The van der Waals surface area contributed by atoms with Crippen LogP contribution in [0.25, 0.3) is 22.6 Å². The lowest BCUT2D eigenvalue weighted by atomic mass is 10.1. The molecular formula is C14H8N2O4. The topological polar surface area (TPSA) is 86.2 Å². The maximum absolute atomic E-state index is 10.8. The summed E-state index contributed by atoms with van der Waals surface area (Å²) in [5, 5.41) is 10.7. The van der Waals surface area contributed by atoms with Crippen LogP contribution in [0.1, 0.15) is 10.4 Å². The molecule has 6 nitrogen and oxygen atoms in total. The molecule has 0 aliphatic carbocycles. The Hall–Kier alpha value is -3.02. The maximum Gasteiger partial charge on any atom is 0.271 e. The van der Waals surface area contributed by atoms with Gasteiger partial charge in [0.2, 0.25) is 5.89 Å². The van der Waals surface area contributed by atoms with Crippen LogP contribution >= 0.6 is 0 Å². The highest BCUT2D eigenvalue weighted by Gasteiger charge is 2.12. The molecule has 0 saturated heterocycles. The van der Waals surface area contributed by atoms with Crippen molar-refractivity contribution in [1.29, 1.82) is 0 Å². The van der Waals surface area contributed by atoms with Crippen LogP contribution in [0.3, 0.4) is 0 Å². The fourth-order valence-corrected chi connectivity index (χ4v) is 1.90. The number of hydrogen-bond acceptors (Lipinski definition) is 5. The van der Waals surface area contributed by atoms with Gasteiger partial charge in [-0.3, -0.25) is 14.9 Å². The van der Waals surface area contributed by atoms with E-state index >= 15 is 0 Å². The number of nitro benzene ring substituents is 1. The van der Waals surface area contributed by atoms with Crippen LogP contribution < -0.4 is 0 Å². The molecule has 3 aromatic rings. The average molecular weight is 268 g/mol. The van der Waals surface area contributed by atoms with Gasteiger partial charge < -0.3 is 4.42 Å². The van der Waals surface area contributed by atoms with Crippen molar-refractivity contribution in [1.82, 2.24) is 4.98 Å². The number of nitrogens with zero attached hydrogens (tertiary/aromatic N) is 2. The number of aldehydes is 1. The molecule has 0 saturated carbocycles. The summed E-state index contributed by atoms with van der Waals surface area (Å²) in [6.07, 6.45) is 0.733. The quantitative estimate of drug-likeness (QED) is 0.413. The van der Waals surface area contributed by atoms with Crippen LogP contribution in [0.2, 0.25) is 0 Å². The second-order valence-electron chi connectivity index (χ2n) is 4.17. The number of benzene rings is 2. The molecule has 0 amide bonds. The van der Waals surface area contributed by atoms with E-state index < -0.39 is 4.92 Å². The van der Waals surface area contributed by atoms with Crippen molar-refractivity contribution in [3.05, 3.63) is 58.1 Å². The molecular weight excluding hydrogens is 260 g/mol. The lowest BCUT2D eigenvalue weighted by Gasteiger charge is -1.95. The van der Waals surface area contributed by atoms with E-state index in [1.807, 2.05) is 0 Å². The Balaban J connectivity index is 2.12. The third-order valence-electron chi connectivity index (χ3n) is 2.85. The van der Waals surface area contributed by atoms with E-state index in [2.05, 4.69) is 4.98 Å². The predicted molar refractivity (Wildman–Crippen MR) is 71.5 cm³/mol. The smallest absolute Gasteiger partial charge is 0.271 e. The standard InChI is InChI=1S/C14H8N2O4/c17-8-9-2-1-3-10(6-9)14-15-12-7-11(16(18)19)4-5-13(12)20-14/h1-8H. The van der Waals surface area contributed by atoms with E-state index in [1.165, 1.54) is 18.2 Å². The molecule has 0 fully saturated rings. The first kappa shape index (κ1) is 12.0. The van der Waals surface area contributed by atoms with Crippen LogP contribution in [-0.2, 0) is 0 Å². The number of oxazole rings is 1. The van der Waals surface area contributed by atoms with Crippen molar-refractivity contribution in [2.24, 2.45) is 0 Å². The summed E-state index contributed by atoms with van der Waals surface area (Å²) in [5.74, 6) is 0.323. The van der Waals surface area contributed by atoms with Gasteiger partial charge in [-0.2, -0.15) is 0 Å². The van der Waals surface area contributed by atoms with Gasteiger partial charge >= 0.3 is 0 Å². The molecule has 0 aliphatic rings. The number of hydrogen-bond donors (Lipinski definition) is 0. The summed E-state index contributed by atoms with van der Waals surface area (Å²) >= 11 is 0. The number of rotatable bonds is 3. The van der Waals surface area contributed by atoms with E-state index in [0.29, 0.717) is 28.1 Å². The summed E-state index contributed by atoms with van der Waals surface area (Å²) in [6, 6.07) is 11.0. The molecule has 1 aromatic heterocycles. The van der Waals surface area contributed by atoms with Gasteiger partial charge in [-0.15, -0.1) is 0 Å². The largest absolute Gasteiger partial charge is 0.436 e. The monoisotopic (exact) mass is 268 g/mol. The van der Waals surface area contributed by atoms with E-state index in [4.69, 9.17) is 4.42 Å². The van der Waals surface area contributed by atoms with Gasteiger partial charge in [0.15, 0.2) is 5.58 Å². The van der Waals surface area contributed by atoms with E-state index in [-0.39, 0.29) is 5.69 Å². The first-order valence-electron chi connectivity index (χ1n) is 5.78. The van der Waals surface area contributed by atoms with Gasteiger partial charge in [0, 0.05) is 23.3 Å². The van der Waals surface area contributed by atoms with Crippen LogP contribution in [0.5, 0.6) is 0 Å². The summed E-state index contributed by atoms with van der Waals surface area (Å²) in [6.45, 7) is 0.